The van der Waals surface area contributed by atoms with Crippen LogP contribution < -0.4 is 10.6 Å². The fourth-order valence-electron chi connectivity index (χ4n) is 3.83. The molecule has 1 amide bonds. The Morgan fingerprint density at radius 3 is 2.08 bits per heavy atom. The molecular formula is C29H31F3N2O4. The summed E-state index contributed by atoms with van der Waals surface area (Å²) in [5.41, 5.74) is 3.12. The van der Waals surface area contributed by atoms with Gasteiger partial charge in [-0.15, -0.1) is 0 Å². The van der Waals surface area contributed by atoms with Gasteiger partial charge in [-0.25, -0.2) is 0 Å². The second-order valence-corrected chi connectivity index (χ2v) is 8.87. The van der Waals surface area contributed by atoms with Crippen molar-refractivity contribution in [3.63, 3.8) is 0 Å². The van der Waals surface area contributed by atoms with Gasteiger partial charge in [0.05, 0.1) is 24.6 Å². The van der Waals surface area contributed by atoms with Crippen molar-refractivity contribution in [2.45, 2.75) is 38.4 Å². The van der Waals surface area contributed by atoms with Crippen molar-refractivity contribution in [3.05, 3.63) is 89.5 Å². The van der Waals surface area contributed by atoms with Gasteiger partial charge in [0.15, 0.2) is 0 Å². The Hall–Kier alpha value is -3.85. The van der Waals surface area contributed by atoms with Crippen LogP contribution in [0.15, 0.2) is 72.8 Å². The van der Waals surface area contributed by atoms with E-state index in [2.05, 4.69) is 10.6 Å². The van der Waals surface area contributed by atoms with Gasteiger partial charge in [-0.05, 0) is 65.9 Å². The summed E-state index contributed by atoms with van der Waals surface area (Å²) in [6, 6.07) is 19.6. The fraction of sp³-hybridized carbons (Fsp3) is 0.310. The van der Waals surface area contributed by atoms with E-state index in [4.69, 9.17) is 9.84 Å². The number of anilines is 1. The number of hydrogen-bond acceptors (Lipinski definition) is 4. The van der Waals surface area contributed by atoms with Crippen LogP contribution in [0.2, 0.25) is 0 Å². The maximum Gasteiger partial charge on any atom is 0.416 e. The average molecular weight is 529 g/mol. The van der Waals surface area contributed by atoms with E-state index >= 15 is 0 Å². The zero-order valence-electron chi connectivity index (χ0n) is 21.1. The van der Waals surface area contributed by atoms with E-state index in [1.807, 2.05) is 31.2 Å². The van der Waals surface area contributed by atoms with E-state index in [0.29, 0.717) is 30.8 Å². The second kappa shape index (κ2) is 13.6. The van der Waals surface area contributed by atoms with E-state index in [1.165, 1.54) is 12.1 Å². The Labute approximate surface area is 219 Å². The van der Waals surface area contributed by atoms with Gasteiger partial charge in [0.25, 0.3) is 5.91 Å². The van der Waals surface area contributed by atoms with Crippen molar-refractivity contribution >= 4 is 17.6 Å². The van der Waals surface area contributed by atoms with Crippen LogP contribution in [0, 0.1) is 0 Å². The molecule has 0 unspecified atom stereocenters. The summed E-state index contributed by atoms with van der Waals surface area (Å²) in [7, 11) is 0. The molecule has 0 bridgehead atoms. The molecule has 0 aliphatic rings. The molecule has 0 fully saturated rings. The van der Waals surface area contributed by atoms with Crippen molar-refractivity contribution in [2.75, 3.05) is 25.1 Å². The molecular weight excluding hydrogens is 497 g/mol. The Morgan fingerprint density at radius 2 is 1.53 bits per heavy atom. The van der Waals surface area contributed by atoms with E-state index in [-0.39, 0.29) is 24.9 Å². The lowest BCUT2D eigenvalue weighted by atomic mass is 9.99. The van der Waals surface area contributed by atoms with Gasteiger partial charge in [0, 0.05) is 24.4 Å². The van der Waals surface area contributed by atoms with Crippen LogP contribution in [-0.4, -0.2) is 42.8 Å². The normalized spacial score (nSPS) is 12.1. The molecule has 0 saturated carbocycles. The maximum atomic E-state index is 12.8. The number of halogens is 3. The number of aliphatic carboxylic acids is 1. The molecule has 0 aromatic heterocycles. The number of hydrogen-bond donors (Lipinski definition) is 3. The zero-order valence-corrected chi connectivity index (χ0v) is 21.1. The van der Waals surface area contributed by atoms with Crippen LogP contribution in [-0.2, 0) is 22.1 Å². The zero-order chi connectivity index (χ0) is 27.5. The second-order valence-electron chi connectivity index (χ2n) is 8.87. The molecule has 0 spiro atoms. The molecule has 0 saturated heterocycles. The monoisotopic (exact) mass is 528 g/mol. The van der Waals surface area contributed by atoms with Crippen LogP contribution in [0.3, 0.4) is 0 Å². The molecule has 1 atom stereocenters. The van der Waals surface area contributed by atoms with Gasteiger partial charge in [-0.2, -0.15) is 13.2 Å². The number of carbonyl (C=O) groups excluding carboxylic acids is 1. The third kappa shape index (κ3) is 8.92. The quantitative estimate of drug-likeness (QED) is 0.236. The Bertz CT molecular complexity index is 1180. The standard InChI is InChI=1S/C29H31F3N2O4/c1-2-17-38-19-26(34-25-13-9-23(10-14-25)28(37)33-16-15-27(35)36)18-20-3-5-21(6-4-20)22-7-11-24(12-8-22)29(30,31)32/h3-14,26,34H,2,15-19H2,1H3,(H,33,37)(H,35,36)/t26-/m0/s1. The molecule has 9 heteroatoms. The van der Waals surface area contributed by atoms with Crippen molar-refractivity contribution < 1.29 is 32.6 Å². The van der Waals surface area contributed by atoms with Crippen molar-refractivity contribution in [2.24, 2.45) is 0 Å². The van der Waals surface area contributed by atoms with Gasteiger partial charge in [-0.3, -0.25) is 9.59 Å². The summed E-state index contributed by atoms with van der Waals surface area (Å²) in [5, 5.41) is 14.7. The Morgan fingerprint density at radius 1 is 0.921 bits per heavy atom. The molecule has 3 rings (SSSR count). The van der Waals surface area contributed by atoms with Gasteiger partial charge in [0.2, 0.25) is 0 Å². The molecule has 202 valence electrons. The first-order valence-electron chi connectivity index (χ1n) is 12.4. The average Bonchev–Trinajstić information content (AvgIpc) is 2.89. The van der Waals surface area contributed by atoms with E-state index in [9.17, 15) is 22.8 Å². The van der Waals surface area contributed by atoms with Crippen molar-refractivity contribution in [1.82, 2.24) is 5.32 Å². The lowest BCUT2D eigenvalue weighted by Crippen LogP contribution is -2.28. The fourth-order valence-corrected chi connectivity index (χ4v) is 3.83. The number of nitrogens with one attached hydrogen (secondary N) is 2. The van der Waals surface area contributed by atoms with Crippen molar-refractivity contribution in [1.29, 1.82) is 0 Å². The number of amides is 1. The third-order valence-corrected chi connectivity index (χ3v) is 5.79. The summed E-state index contributed by atoms with van der Waals surface area (Å²) < 4.78 is 44.3. The van der Waals surface area contributed by atoms with Gasteiger partial charge in [-0.1, -0.05) is 43.3 Å². The highest BCUT2D eigenvalue weighted by atomic mass is 19.4. The summed E-state index contributed by atoms with van der Waals surface area (Å²) >= 11 is 0. The number of carbonyl (C=O) groups is 2. The number of carboxylic acid groups (broad SMARTS) is 1. The maximum absolute atomic E-state index is 12.8. The van der Waals surface area contributed by atoms with Crippen LogP contribution in [0.1, 0.15) is 41.3 Å². The van der Waals surface area contributed by atoms with Crippen LogP contribution in [0.5, 0.6) is 0 Å². The lowest BCUT2D eigenvalue weighted by molar-refractivity contribution is -0.138. The lowest BCUT2D eigenvalue weighted by Gasteiger charge is -2.21. The molecule has 3 aromatic rings. The topological polar surface area (TPSA) is 87.7 Å². The number of benzene rings is 3. The highest BCUT2D eigenvalue weighted by Crippen LogP contribution is 2.31. The first-order chi connectivity index (χ1) is 18.2. The summed E-state index contributed by atoms with van der Waals surface area (Å²) in [4.78, 5) is 22.8. The van der Waals surface area contributed by atoms with E-state index < -0.39 is 17.7 Å². The molecule has 0 heterocycles. The minimum atomic E-state index is -4.36. The summed E-state index contributed by atoms with van der Waals surface area (Å²) in [5.74, 6) is -1.32. The number of ether oxygens (including phenoxy) is 1. The largest absolute Gasteiger partial charge is 0.481 e. The number of carboxylic acids is 1. The van der Waals surface area contributed by atoms with E-state index in [0.717, 1.165) is 35.4 Å². The van der Waals surface area contributed by atoms with Gasteiger partial charge in [0.1, 0.15) is 0 Å². The SMILES string of the molecule is CCCOC[C@H](Cc1ccc(-c2ccc(C(F)(F)F)cc2)cc1)Nc1ccc(C(=O)NCCC(=O)O)cc1. The van der Waals surface area contributed by atoms with Gasteiger partial charge >= 0.3 is 12.1 Å². The van der Waals surface area contributed by atoms with Gasteiger partial charge < -0.3 is 20.5 Å². The summed E-state index contributed by atoms with van der Waals surface area (Å²) in [6.07, 6.45) is -2.97. The Balaban J connectivity index is 1.64. The Kier molecular flexibility index (Phi) is 10.3. The van der Waals surface area contributed by atoms with Crippen molar-refractivity contribution in [3.8, 4) is 11.1 Å². The minimum absolute atomic E-state index is 0.0582. The predicted octanol–water partition coefficient (Wildman–Crippen LogP) is 6.03. The van der Waals surface area contributed by atoms with Crippen LogP contribution >= 0.6 is 0 Å². The molecule has 0 radical (unpaired) electrons. The number of rotatable bonds is 13. The van der Waals surface area contributed by atoms with Crippen LogP contribution in [0.4, 0.5) is 18.9 Å². The minimum Gasteiger partial charge on any atom is -0.481 e. The highest BCUT2D eigenvalue weighted by molar-refractivity contribution is 5.94. The molecule has 3 aromatic carbocycles. The number of alkyl halides is 3. The van der Waals surface area contributed by atoms with E-state index in [1.54, 1.807) is 24.3 Å². The molecule has 3 N–H and O–H groups in total. The highest BCUT2D eigenvalue weighted by Gasteiger charge is 2.29. The van der Waals surface area contributed by atoms with Crippen LogP contribution in [0.25, 0.3) is 11.1 Å². The first kappa shape index (κ1) is 28.7. The smallest absolute Gasteiger partial charge is 0.416 e. The molecule has 0 aliphatic carbocycles. The third-order valence-electron chi connectivity index (χ3n) is 5.79. The molecule has 6 nitrogen and oxygen atoms in total. The molecule has 38 heavy (non-hydrogen) atoms. The first-order valence-corrected chi connectivity index (χ1v) is 12.4. The molecule has 0 aliphatic heterocycles. The predicted molar refractivity (Wildman–Crippen MR) is 140 cm³/mol. The summed E-state index contributed by atoms with van der Waals surface area (Å²) in [6.45, 7) is 3.18.